The van der Waals surface area contributed by atoms with Crippen molar-refractivity contribution in [2.45, 2.75) is 5.66 Å². The molecule has 0 aliphatic carbocycles. The molecule has 0 aromatic heterocycles. The van der Waals surface area contributed by atoms with Crippen molar-refractivity contribution in [1.29, 1.82) is 0 Å². The Morgan fingerprint density at radius 2 is 1.12 bits per heavy atom. The molecule has 0 fully saturated rings. The zero-order valence-electron chi connectivity index (χ0n) is 15.5. The van der Waals surface area contributed by atoms with E-state index in [1.807, 2.05) is 44.4 Å². The molecule has 1 amide bonds. The van der Waals surface area contributed by atoms with Gasteiger partial charge < -0.3 is 4.90 Å². The molecule has 0 spiro atoms. The van der Waals surface area contributed by atoms with E-state index in [9.17, 15) is 4.79 Å². The number of amides is 1. The highest BCUT2D eigenvalue weighted by Gasteiger charge is 2.51. The van der Waals surface area contributed by atoms with Crippen LogP contribution >= 0.6 is 7.26 Å². The van der Waals surface area contributed by atoms with Gasteiger partial charge in [0.25, 0.3) is 5.91 Å². The van der Waals surface area contributed by atoms with E-state index in [1.165, 1.54) is 10.6 Å². The lowest BCUT2D eigenvalue weighted by Crippen LogP contribution is -2.36. The molecule has 1 unspecified atom stereocenters. The number of benzene rings is 3. The predicted octanol–water partition coefficient (Wildman–Crippen LogP) is 4.11. The van der Waals surface area contributed by atoms with Gasteiger partial charge in [0.2, 0.25) is 0 Å². The first-order valence-corrected chi connectivity index (χ1v) is 11.1. The summed E-state index contributed by atoms with van der Waals surface area (Å²) in [7, 11) is 1.68. The molecule has 3 heteroatoms. The van der Waals surface area contributed by atoms with Crippen molar-refractivity contribution in [2.75, 3.05) is 20.8 Å². The molecule has 2 nitrogen and oxygen atoms in total. The molecule has 0 saturated heterocycles. The van der Waals surface area contributed by atoms with E-state index in [-0.39, 0.29) is 11.6 Å². The summed E-state index contributed by atoms with van der Waals surface area (Å²) in [6.07, 6.45) is 0. The summed E-state index contributed by atoms with van der Waals surface area (Å²) in [4.78, 5) is 15.1. The molecule has 3 aromatic rings. The predicted molar refractivity (Wildman–Crippen MR) is 113 cm³/mol. The Morgan fingerprint density at radius 1 is 0.731 bits per heavy atom. The van der Waals surface area contributed by atoms with Crippen molar-refractivity contribution >= 4 is 23.8 Å². The van der Waals surface area contributed by atoms with Crippen LogP contribution in [0.25, 0.3) is 0 Å². The third kappa shape index (κ3) is 3.43. The first-order valence-electron chi connectivity index (χ1n) is 8.78. The molecule has 0 N–H and O–H groups in total. The Kier molecular flexibility index (Phi) is 5.54. The van der Waals surface area contributed by atoms with Gasteiger partial charge in [0.1, 0.15) is 10.6 Å². The van der Waals surface area contributed by atoms with Crippen molar-refractivity contribution in [3.63, 3.8) is 0 Å². The number of likely N-dealkylation sites (N-methyl/N-ethyl adjacent to an activating group) is 1. The van der Waals surface area contributed by atoms with Crippen LogP contribution in [0.15, 0.2) is 91.0 Å². The van der Waals surface area contributed by atoms with E-state index in [0.29, 0.717) is 0 Å². The molecule has 0 aliphatic rings. The van der Waals surface area contributed by atoms with E-state index in [2.05, 4.69) is 67.3 Å². The minimum atomic E-state index is -2.01. The number of hydrogen-bond donors (Lipinski definition) is 0. The highest BCUT2D eigenvalue weighted by atomic mass is 31.2. The smallest absolute Gasteiger partial charge is 0.268 e. The van der Waals surface area contributed by atoms with Gasteiger partial charge >= 0.3 is 0 Å². The second-order valence-electron chi connectivity index (χ2n) is 6.79. The molecule has 0 radical (unpaired) electrons. The Labute approximate surface area is 156 Å². The fourth-order valence-corrected chi connectivity index (χ4v) is 7.38. The first kappa shape index (κ1) is 18.4. The van der Waals surface area contributed by atoms with Crippen LogP contribution in [0, 0.1) is 0 Å². The third-order valence-corrected chi connectivity index (χ3v) is 9.19. The van der Waals surface area contributed by atoms with Gasteiger partial charge in [-0.2, -0.15) is 0 Å². The highest BCUT2D eigenvalue weighted by molar-refractivity contribution is 7.89. The van der Waals surface area contributed by atoms with Gasteiger partial charge in [0.05, 0.1) is 13.9 Å². The van der Waals surface area contributed by atoms with Gasteiger partial charge in [-0.3, -0.25) is 4.79 Å². The summed E-state index contributed by atoms with van der Waals surface area (Å²) in [5.41, 5.74) is 0.873. The molecule has 0 saturated carbocycles. The molecule has 0 bridgehead atoms. The fraction of sp³-hybridized carbons (Fsp3) is 0.174. The Hall–Kier alpha value is -2.44. The van der Waals surface area contributed by atoms with Crippen LogP contribution in [0.2, 0.25) is 0 Å². The zero-order valence-corrected chi connectivity index (χ0v) is 16.4. The van der Waals surface area contributed by atoms with Crippen LogP contribution < -0.4 is 10.6 Å². The van der Waals surface area contributed by atoms with Crippen molar-refractivity contribution in [2.24, 2.45) is 0 Å². The van der Waals surface area contributed by atoms with Crippen LogP contribution in [0.3, 0.4) is 0 Å². The summed E-state index contributed by atoms with van der Waals surface area (Å²) in [5.74, 6) is 0.153. The van der Waals surface area contributed by atoms with Gasteiger partial charge in [-0.1, -0.05) is 66.7 Å². The molecule has 0 heterocycles. The lowest BCUT2D eigenvalue weighted by Gasteiger charge is -2.32. The Morgan fingerprint density at radius 3 is 1.50 bits per heavy atom. The second-order valence-corrected chi connectivity index (χ2v) is 10.5. The highest BCUT2D eigenvalue weighted by Crippen LogP contribution is 2.65. The number of nitrogens with zero attached hydrogens (tertiary/aromatic N) is 1. The van der Waals surface area contributed by atoms with E-state index >= 15 is 0 Å². The zero-order chi connectivity index (χ0) is 18.6. The monoisotopic (exact) mass is 362 g/mol. The molecule has 3 rings (SSSR count). The topological polar surface area (TPSA) is 20.3 Å². The first-order chi connectivity index (χ1) is 12.5. The summed E-state index contributed by atoms with van der Waals surface area (Å²) < 4.78 is 0. The molecule has 1 atom stereocenters. The SMILES string of the molecule is CN(C)C(=O)C(c1ccccc1)[P+](C)(c1ccccc1)c1ccccc1. The molecule has 132 valence electrons. The Balaban J connectivity index is 2.28. The van der Waals surface area contributed by atoms with Crippen LogP contribution in [-0.4, -0.2) is 31.6 Å². The largest absolute Gasteiger partial charge is 0.345 e. The number of carbonyl (C=O) groups is 1. The summed E-state index contributed by atoms with van der Waals surface area (Å²) in [6, 6.07) is 31.2. The molecule has 26 heavy (non-hydrogen) atoms. The molecule has 0 aliphatic heterocycles. The maximum absolute atomic E-state index is 13.4. The summed E-state index contributed by atoms with van der Waals surface area (Å²) >= 11 is 0. The van der Waals surface area contributed by atoms with E-state index in [1.54, 1.807) is 4.90 Å². The van der Waals surface area contributed by atoms with E-state index in [0.717, 1.165) is 5.56 Å². The van der Waals surface area contributed by atoms with Gasteiger partial charge in [0, 0.05) is 19.7 Å². The fourth-order valence-electron chi connectivity index (χ4n) is 3.46. The van der Waals surface area contributed by atoms with Crippen molar-refractivity contribution in [1.82, 2.24) is 4.90 Å². The third-order valence-electron chi connectivity index (χ3n) is 4.89. The Bertz CT molecular complexity index is 808. The summed E-state index contributed by atoms with van der Waals surface area (Å²) in [6.45, 7) is 2.29. The normalized spacial score (nSPS) is 12.4. The maximum atomic E-state index is 13.4. The lowest BCUT2D eigenvalue weighted by molar-refractivity contribution is -0.128. The van der Waals surface area contributed by atoms with Gasteiger partial charge in [-0.25, -0.2) is 0 Å². The van der Waals surface area contributed by atoms with Crippen molar-refractivity contribution < 1.29 is 4.79 Å². The van der Waals surface area contributed by atoms with Crippen molar-refractivity contribution in [3.8, 4) is 0 Å². The van der Waals surface area contributed by atoms with E-state index < -0.39 is 7.26 Å². The number of carbonyl (C=O) groups excluding carboxylic acids is 1. The standard InChI is InChI=1S/C23H25NOP/c1-24(2)23(25)22(19-13-7-4-8-14-19)26(3,20-15-9-5-10-16-20)21-17-11-6-12-18-21/h4-18,22H,1-3H3/q+1. The maximum Gasteiger partial charge on any atom is 0.268 e. The van der Waals surface area contributed by atoms with Crippen LogP contribution in [0.4, 0.5) is 0 Å². The quantitative estimate of drug-likeness (QED) is 0.626. The van der Waals surface area contributed by atoms with Crippen LogP contribution in [0.5, 0.6) is 0 Å². The van der Waals surface area contributed by atoms with Gasteiger partial charge in [-0.15, -0.1) is 0 Å². The average Bonchev–Trinajstić information content (AvgIpc) is 2.70. The minimum absolute atomic E-state index is 0.153. The minimum Gasteiger partial charge on any atom is -0.345 e. The number of hydrogen-bond acceptors (Lipinski definition) is 1. The van der Waals surface area contributed by atoms with Gasteiger partial charge in [-0.05, 0) is 24.3 Å². The van der Waals surface area contributed by atoms with Gasteiger partial charge in [0.15, 0.2) is 5.66 Å². The average molecular weight is 362 g/mol. The summed E-state index contributed by atoms with van der Waals surface area (Å²) in [5, 5.41) is 2.49. The van der Waals surface area contributed by atoms with Crippen LogP contribution in [0.1, 0.15) is 11.2 Å². The molecular formula is C23H25NOP+. The van der Waals surface area contributed by atoms with Crippen molar-refractivity contribution in [3.05, 3.63) is 96.6 Å². The second kappa shape index (κ2) is 7.85. The number of rotatable bonds is 5. The molecule has 3 aromatic carbocycles. The lowest BCUT2D eigenvalue weighted by atomic mass is 10.1. The van der Waals surface area contributed by atoms with E-state index in [4.69, 9.17) is 0 Å². The van der Waals surface area contributed by atoms with Crippen LogP contribution in [-0.2, 0) is 4.79 Å². The molecular weight excluding hydrogens is 337 g/mol.